The molecule has 4 fully saturated rings. The molecule has 0 spiro atoms. The van der Waals surface area contributed by atoms with Crippen molar-refractivity contribution in [3.05, 3.63) is 148 Å². The zero-order chi connectivity index (χ0) is 90.0. The quantitative estimate of drug-likeness (QED) is 0.0374. The Morgan fingerprint density at radius 3 is 0.617 bits per heavy atom. The molecule has 3 atom stereocenters. The fourth-order valence-corrected chi connectivity index (χ4v) is 22.5. The number of aryl methyl sites for hydroxylation is 8. The molecule has 120 heavy (non-hydrogen) atoms. The van der Waals surface area contributed by atoms with Crippen LogP contribution in [0, 0.1) is 47.8 Å². The second-order valence-electron chi connectivity index (χ2n) is 33.8. The minimum Gasteiger partial charge on any atom is -1.00 e. The van der Waals surface area contributed by atoms with Crippen molar-refractivity contribution < 1.29 is 123 Å². The van der Waals surface area contributed by atoms with Gasteiger partial charge in [0.25, 0.3) is 0 Å². The number of benzene rings is 4. The van der Waals surface area contributed by atoms with Crippen LogP contribution in [0.15, 0.2) is 72.8 Å². The third-order valence-corrected chi connectivity index (χ3v) is 25.7. The normalized spacial score (nSPS) is 17.9. The third kappa shape index (κ3) is 43.7. The molecule has 0 bridgehead atoms. The van der Waals surface area contributed by atoms with E-state index in [-0.39, 0.29) is 113 Å². The number of alkyl halides is 12. The van der Waals surface area contributed by atoms with Crippen molar-refractivity contribution >= 4 is 155 Å². The molecular formula is C80H128F12Li5N5O12S4Si2-4. The first-order valence-electron chi connectivity index (χ1n) is 37.8. The van der Waals surface area contributed by atoms with Crippen LogP contribution in [-0.2, 0) is 91.8 Å². The Balaban J connectivity index is -0.000000244. The summed E-state index contributed by atoms with van der Waals surface area (Å²) >= 11 is 0. The van der Waals surface area contributed by atoms with Crippen LogP contribution < -0.4 is 38.5 Å². The Kier molecular flexibility index (Phi) is 56.5. The summed E-state index contributed by atoms with van der Waals surface area (Å²) in [6, 6.07) is 28.9. The first kappa shape index (κ1) is 131. The summed E-state index contributed by atoms with van der Waals surface area (Å²) < 4.78 is 240. The molecule has 8 rings (SSSR count). The summed E-state index contributed by atoms with van der Waals surface area (Å²) in [4.78, 5) is 10.1. The maximum atomic E-state index is 10.7. The summed E-state index contributed by atoms with van der Waals surface area (Å²) in [7, 11) is -26.6. The Morgan fingerprint density at radius 1 is 0.358 bits per heavy atom. The average Bonchev–Trinajstić information content (AvgIpc) is 1.60. The Labute approximate surface area is 776 Å². The van der Waals surface area contributed by atoms with Gasteiger partial charge in [0.2, 0.25) is 0 Å². The second kappa shape index (κ2) is 51.8. The van der Waals surface area contributed by atoms with Crippen LogP contribution in [0.2, 0.25) is 39.3 Å². The van der Waals surface area contributed by atoms with Crippen LogP contribution in [0.3, 0.4) is 0 Å². The Hall–Kier alpha value is -2.26. The van der Waals surface area contributed by atoms with Crippen LogP contribution in [0.4, 0.5) is 75.4 Å². The maximum Gasteiger partial charge on any atom is 1.00 e. The van der Waals surface area contributed by atoms with Crippen molar-refractivity contribution in [2.75, 3.05) is 19.6 Å². The molecule has 4 aliphatic heterocycles. The van der Waals surface area contributed by atoms with Crippen molar-refractivity contribution in [1.29, 1.82) is 0 Å². The van der Waals surface area contributed by atoms with E-state index in [0.29, 0.717) is 34.4 Å². The first-order valence-corrected chi connectivity index (χ1v) is 50.3. The minimum atomic E-state index is -6.09. The standard InChI is InChI=1S/C18H28N.3C17H26N.C6H18NSi2.4CHF3O3S.CH4.5Li/c1-7-14-10-9-11-15(8-2)16(14)19-13-17(3,4)12-18(19,5)6;3*1-6-14-9-8-10-15(7-2)16(14)18-12-17(4,5)11-13(18)3;1-8(2,3)7-9(4,5)6;4*2-1(3,4)8(5,6)7;;;;;;/h9-11,13H,7-8,12H2,1-6H3;3*8-10,12-13H,6-7,11H2,1-5H3;1-6H3;4*(H,5,6,7);1H4;;;;;/q4*+1;-1;;;;;;4*-1;+1/p-4. The van der Waals surface area contributed by atoms with Crippen LogP contribution in [-0.4, -0.2) is 189 Å². The van der Waals surface area contributed by atoms with Crippen molar-refractivity contribution in [1.82, 2.24) is 0 Å². The summed E-state index contributed by atoms with van der Waals surface area (Å²) in [5.41, 5.74) is -3.40. The number of nitrogens with zero attached hydrogens (tertiary/aromatic N) is 5. The fourth-order valence-electron chi connectivity index (χ4n) is 14.4. The van der Waals surface area contributed by atoms with Gasteiger partial charge >= 0.3 is 40.9 Å². The molecule has 4 saturated heterocycles. The predicted molar refractivity (Wildman–Crippen MR) is 467 cm³/mol. The van der Waals surface area contributed by atoms with E-state index in [1.165, 1.54) is 92.9 Å². The summed E-state index contributed by atoms with van der Waals surface area (Å²) in [5.74, 6) is 0. The SMILES string of the molecule is C.CCc1cccc(CC)c1N1[CH+]C(C)(C)CC1(C)C.CCc1cccc(CC)c1N1[CH+]C(C)(C)CC1C.CCc1cccc(CC)c1N1[CH+]C(C)(C)CC1C.CCc1cccc(CC)c1N1[CH+]C(C)(C)CC1C.C[Si](C)(C)[N-][Si](C)(C)C.O=S(=O)([O-])C(F)(F)F.O=S(=O)([O-])C(F)(F)F.O=S(=O)([O-])C(F)(F)F.O=S(=O)([O-])C(F)(F)F.[Li+].[Li-].[Li-].[Li-].[Li-]. The van der Waals surface area contributed by atoms with E-state index < -0.39 is 79.0 Å². The van der Waals surface area contributed by atoms with Gasteiger partial charge < -0.3 is 98.3 Å². The van der Waals surface area contributed by atoms with E-state index in [9.17, 15) is 52.7 Å². The van der Waals surface area contributed by atoms with Gasteiger partial charge in [-0.3, -0.25) is 0 Å². The van der Waals surface area contributed by atoms with Gasteiger partial charge in [0.1, 0.15) is 21.7 Å². The van der Waals surface area contributed by atoms with Gasteiger partial charge in [-0.1, -0.05) is 191 Å². The number of para-hydroxylation sites is 4. The maximum absolute atomic E-state index is 10.7. The van der Waals surface area contributed by atoms with E-state index >= 15 is 0 Å². The Bertz CT molecular complexity index is 3720. The zero-order valence-corrected chi connectivity index (χ0v) is 81.5. The van der Waals surface area contributed by atoms with E-state index in [0.717, 1.165) is 51.4 Å². The number of rotatable bonds is 14. The topological polar surface area (TPSA) is 256 Å². The van der Waals surface area contributed by atoms with Crippen LogP contribution >= 0.6 is 0 Å². The molecule has 8 radical (unpaired) electrons. The van der Waals surface area contributed by atoms with Crippen molar-refractivity contribution in [2.45, 2.75) is 315 Å². The Morgan fingerprint density at radius 2 is 0.517 bits per heavy atom. The molecule has 4 aromatic carbocycles. The van der Waals surface area contributed by atoms with Crippen molar-refractivity contribution in [3.63, 3.8) is 0 Å². The fraction of sp³-hybridized carbons (Fsp3) is 0.650. The van der Waals surface area contributed by atoms with Gasteiger partial charge in [-0.25, -0.2) is 53.3 Å². The third-order valence-electron chi connectivity index (χ3n) is 18.1. The molecule has 0 aromatic heterocycles. The molecular weight excluding hydrogens is 1670 g/mol. The first-order chi connectivity index (χ1) is 51.0. The van der Waals surface area contributed by atoms with E-state index in [2.05, 4.69) is 303 Å². The number of hydrogen-bond donors (Lipinski definition) is 0. The van der Waals surface area contributed by atoms with Crippen LogP contribution in [0.1, 0.15) is 223 Å². The average molecular weight is 1800 g/mol. The largest absolute Gasteiger partial charge is 1.00 e. The van der Waals surface area contributed by atoms with Gasteiger partial charge in [-0.2, -0.15) is 52.7 Å². The summed E-state index contributed by atoms with van der Waals surface area (Å²) in [6.07, 6.45) is 13.8. The molecule has 40 heteroatoms. The minimum absolute atomic E-state index is 0. The van der Waals surface area contributed by atoms with Crippen molar-refractivity contribution in [3.8, 4) is 0 Å². The van der Waals surface area contributed by atoms with Crippen LogP contribution in [0.5, 0.6) is 0 Å². The van der Waals surface area contributed by atoms with E-state index in [4.69, 9.17) is 56.5 Å². The molecule has 0 aliphatic carbocycles. The molecule has 4 aromatic rings. The van der Waals surface area contributed by atoms with Gasteiger partial charge in [-0.05, 0) is 186 Å². The number of halogens is 12. The van der Waals surface area contributed by atoms with Gasteiger partial charge in [-0.15, -0.1) is 0 Å². The van der Waals surface area contributed by atoms with E-state index in [1.54, 1.807) is 0 Å². The molecule has 0 N–H and O–H groups in total. The van der Waals surface area contributed by atoms with Crippen LogP contribution in [0.25, 0.3) is 4.65 Å². The van der Waals surface area contributed by atoms with E-state index in [1.807, 2.05) is 0 Å². The molecule has 17 nitrogen and oxygen atoms in total. The monoisotopic (exact) mass is 1800 g/mol. The predicted octanol–water partition coefficient (Wildman–Crippen LogP) is 18.1. The van der Waals surface area contributed by atoms with Gasteiger partial charge in [0, 0.05) is 25.7 Å². The number of hydrogen-bond acceptors (Lipinski definition) is 16. The second-order valence-corrected chi connectivity index (χ2v) is 48.9. The summed E-state index contributed by atoms with van der Waals surface area (Å²) in [6.45, 7) is 72.0. The van der Waals surface area contributed by atoms with Crippen molar-refractivity contribution in [2.24, 2.45) is 21.7 Å². The summed E-state index contributed by atoms with van der Waals surface area (Å²) in [5, 5.41) is 0. The molecule has 0 saturated carbocycles. The zero-order valence-electron chi connectivity index (χ0n) is 76.3. The smallest absolute Gasteiger partial charge is 1.00 e. The molecule has 4 heterocycles. The molecule has 3 unspecified atom stereocenters. The van der Waals surface area contributed by atoms with Gasteiger partial charge in [0.05, 0.1) is 46.4 Å². The molecule has 670 valence electrons. The molecule has 4 aliphatic rings. The molecule has 0 amide bonds. The van der Waals surface area contributed by atoms with Gasteiger partial charge in [0.15, 0.2) is 66.7 Å². The number of anilines is 4.